The predicted molar refractivity (Wildman–Crippen MR) is 113 cm³/mol. The first-order chi connectivity index (χ1) is 14.8. The minimum absolute atomic E-state index is 0.102. The fourth-order valence-corrected chi connectivity index (χ4v) is 3.09. The Morgan fingerprint density at radius 3 is 2.26 bits per heavy atom. The van der Waals surface area contributed by atoms with Crippen molar-refractivity contribution in [1.29, 1.82) is 0 Å². The summed E-state index contributed by atoms with van der Waals surface area (Å²) in [5.41, 5.74) is -0.00809. The van der Waals surface area contributed by atoms with E-state index in [1.165, 1.54) is 0 Å². The van der Waals surface area contributed by atoms with Gasteiger partial charge in [0.2, 0.25) is 0 Å². The van der Waals surface area contributed by atoms with Crippen LogP contribution in [0.2, 0.25) is 0 Å². The van der Waals surface area contributed by atoms with E-state index in [9.17, 15) is 18.3 Å². The molecule has 168 valence electrons. The average molecular weight is 438 g/mol. The molecule has 0 radical (unpaired) electrons. The summed E-state index contributed by atoms with van der Waals surface area (Å²) >= 11 is 0. The molecule has 0 aliphatic heterocycles. The van der Waals surface area contributed by atoms with E-state index in [1.54, 1.807) is 12.3 Å². The molecular weight excluding hydrogens is 413 g/mol. The second-order valence-electron chi connectivity index (χ2n) is 6.34. The molecule has 0 unspecified atom stereocenters. The van der Waals surface area contributed by atoms with Gasteiger partial charge in [-0.05, 0) is 37.1 Å². The third kappa shape index (κ3) is 6.03. The third-order valence-electron chi connectivity index (χ3n) is 4.22. The van der Waals surface area contributed by atoms with Crippen LogP contribution in [0.15, 0.2) is 30.5 Å². The molecule has 0 saturated heterocycles. The van der Waals surface area contributed by atoms with Crippen LogP contribution in [0.1, 0.15) is 32.3 Å². The molecule has 10 heteroatoms. The van der Waals surface area contributed by atoms with Crippen molar-refractivity contribution in [3.8, 4) is 17.1 Å². The smallest absolute Gasteiger partial charge is 0.416 e. The molecule has 2 heterocycles. The van der Waals surface area contributed by atoms with E-state index < -0.39 is 17.5 Å². The lowest BCUT2D eigenvalue weighted by atomic mass is 10.2. The van der Waals surface area contributed by atoms with Crippen molar-refractivity contribution in [3.05, 3.63) is 36.0 Å². The van der Waals surface area contributed by atoms with Gasteiger partial charge in [-0.2, -0.15) is 13.2 Å². The molecule has 0 fully saturated rings. The van der Waals surface area contributed by atoms with Gasteiger partial charge in [0.15, 0.2) is 0 Å². The number of nitrogens with zero attached hydrogens (tertiary/aromatic N) is 3. The molecule has 2 aromatic heterocycles. The van der Waals surface area contributed by atoms with Crippen LogP contribution in [0.4, 0.5) is 19.0 Å². The number of rotatable bonds is 6. The zero-order valence-corrected chi connectivity index (χ0v) is 17.4. The topological polar surface area (TPSA) is 99.2 Å². The maximum Gasteiger partial charge on any atom is 0.416 e. The molecule has 7 nitrogen and oxygen atoms in total. The normalized spacial score (nSPS) is 10.6. The van der Waals surface area contributed by atoms with Gasteiger partial charge in [0.1, 0.15) is 36.5 Å². The van der Waals surface area contributed by atoms with Crippen molar-refractivity contribution in [2.75, 3.05) is 18.0 Å². The summed E-state index contributed by atoms with van der Waals surface area (Å²) in [6.07, 6.45) is -0.994. The number of nitrogens with one attached hydrogen (secondary N) is 1. The van der Waals surface area contributed by atoms with Gasteiger partial charge < -0.3 is 24.6 Å². The lowest BCUT2D eigenvalue weighted by Gasteiger charge is -2.24. The van der Waals surface area contributed by atoms with Crippen LogP contribution in [0.5, 0.6) is 5.75 Å². The molecule has 31 heavy (non-hydrogen) atoms. The number of phenolic OH excluding ortho intramolecular Hbond substituents is 1. The van der Waals surface area contributed by atoms with Crippen molar-refractivity contribution in [2.24, 2.45) is 0 Å². The Kier molecular flexibility index (Phi) is 9.65. The highest BCUT2D eigenvalue weighted by atomic mass is 19.4. The van der Waals surface area contributed by atoms with Crippen LogP contribution in [0.25, 0.3) is 22.4 Å². The lowest BCUT2D eigenvalue weighted by Crippen LogP contribution is -2.26. The summed E-state index contributed by atoms with van der Waals surface area (Å²) in [6.45, 7) is 9.76. The number of aromatic nitrogens is 3. The van der Waals surface area contributed by atoms with Crippen molar-refractivity contribution in [1.82, 2.24) is 15.0 Å². The Bertz CT molecular complexity index is 968. The average Bonchev–Trinajstić information content (AvgIpc) is 3.21. The molecule has 0 atom stereocenters. The van der Waals surface area contributed by atoms with Gasteiger partial charge in [-0.15, -0.1) is 0 Å². The maximum atomic E-state index is 13.0. The minimum Gasteiger partial charge on any atom is -0.506 e. The number of pyridine rings is 1. The second-order valence-corrected chi connectivity index (χ2v) is 6.34. The van der Waals surface area contributed by atoms with Crippen LogP contribution in [-0.2, 0) is 15.8 Å². The number of hydrogen-bond donors (Lipinski definition) is 2. The van der Waals surface area contributed by atoms with Gasteiger partial charge in [0.25, 0.3) is 0 Å². The Balaban J connectivity index is 0.00000113. The number of phenols is 1. The number of H-pyrrole nitrogens is 1. The zero-order chi connectivity index (χ0) is 23.6. The van der Waals surface area contributed by atoms with Crippen LogP contribution >= 0.6 is 0 Å². The molecule has 3 aromatic rings. The van der Waals surface area contributed by atoms with Gasteiger partial charge in [0, 0.05) is 19.3 Å². The largest absolute Gasteiger partial charge is 0.506 e. The Labute approximate surface area is 177 Å². The molecule has 0 bridgehead atoms. The van der Waals surface area contributed by atoms with E-state index in [1.807, 2.05) is 19.6 Å². The van der Waals surface area contributed by atoms with Crippen LogP contribution in [0, 0.1) is 0 Å². The fourth-order valence-electron chi connectivity index (χ4n) is 3.09. The quantitative estimate of drug-likeness (QED) is 0.583. The third-order valence-corrected chi connectivity index (χ3v) is 4.22. The van der Waals surface area contributed by atoms with E-state index in [2.05, 4.69) is 33.7 Å². The van der Waals surface area contributed by atoms with Crippen molar-refractivity contribution < 1.29 is 27.9 Å². The molecule has 0 aliphatic carbocycles. The first-order valence-electron chi connectivity index (χ1n) is 9.43. The van der Waals surface area contributed by atoms with E-state index in [0.717, 1.165) is 37.8 Å². The first kappa shape index (κ1) is 25.6. The number of anilines is 1. The summed E-state index contributed by atoms with van der Waals surface area (Å²) in [5, 5.41) is 10.0. The molecule has 2 N–H and O–H groups in total. The molecule has 0 spiro atoms. The van der Waals surface area contributed by atoms with Crippen LogP contribution in [0.3, 0.4) is 0 Å². The van der Waals surface area contributed by atoms with Gasteiger partial charge in [-0.25, -0.2) is 9.97 Å². The minimum atomic E-state index is -4.55. The monoisotopic (exact) mass is 438 g/mol. The number of halogens is 3. The van der Waals surface area contributed by atoms with E-state index >= 15 is 0 Å². The number of carbonyl (C=O) groups excluding carboxylic acids is 2. The molecule has 3 rings (SSSR count). The SMILES string of the molecule is C=O.C=O.CCCN(CCC)c1ncccc1-c1nc2c(O)cc(C(F)(F)F)cc2[nH]1. The Morgan fingerprint density at radius 2 is 1.71 bits per heavy atom. The van der Waals surface area contributed by atoms with Gasteiger partial charge in [-0.3, -0.25) is 0 Å². The number of aromatic hydroxyl groups is 1. The van der Waals surface area contributed by atoms with E-state index in [0.29, 0.717) is 17.5 Å². The Morgan fingerprint density at radius 1 is 1.10 bits per heavy atom. The molecule has 1 aromatic carbocycles. The summed E-state index contributed by atoms with van der Waals surface area (Å²) in [4.78, 5) is 29.8. The number of carbonyl (C=O) groups is 2. The summed E-state index contributed by atoms with van der Waals surface area (Å²) < 4.78 is 39.0. The number of hydrogen-bond acceptors (Lipinski definition) is 6. The molecule has 0 aliphatic rings. The highest BCUT2D eigenvalue weighted by Gasteiger charge is 2.32. The standard InChI is InChI=1S/C19H21F3N4O.2CH2O/c1-3-8-26(9-4-2)18-13(6-5-7-23-18)17-24-14-10-12(19(20,21)22)11-15(27)16(14)25-17;2*1-2/h5-7,10-11,27H,3-4,8-9H2,1-2H3,(H,24,25);2*1H2. The van der Waals surface area contributed by atoms with Crippen molar-refractivity contribution in [3.63, 3.8) is 0 Å². The zero-order valence-electron chi connectivity index (χ0n) is 17.4. The summed E-state index contributed by atoms with van der Waals surface area (Å²) in [6, 6.07) is 5.22. The van der Waals surface area contributed by atoms with Gasteiger partial charge >= 0.3 is 6.18 Å². The second kappa shape index (κ2) is 11.7. The molecular formula is C21H25F3N4O3. The van der Waals surface area contributed by atoms with Crippen LogP contribution < -0.4 is 4.90 Å². The van der Waals surface area contributed by atoms with Gasteiger partial charge in [-0.1, -0.05) is 13.8 Å². The number of benzene rings is 1. The highest BCUT2D eigenvalue weighted by molar-refractivity contribution is 5.87. The predicted octanol–water partition coefficient (Wildman–Crippen LogP) is 4.61. The number of imidazole rings is 1. The van der Waals surface area contributed by atoms with Gasteiger partial charge in [0.05, 0.1) is 16.6 Å². The van der Waals surface area contributed by atoms with Crippen molar-refractivity contribution >= 4 is 30.4 Å². The number of aromatic amines is 1. The lowest BCUT2D eigenvalue weighted by molar-refractivity contribution is -0.137. The molecule has 0 saturated carbocycles. The first-order valence-corrected chi connectivity index (χ1v) is 9.43. The van der Waals surface area contributed by atoms with E-state index in [4.69, 9.17) is 9.59 Å². The summed E-state index contributed by atoms with van der Waals surface area (Å²) in [5.74, 6) is 0.586. The fraction of sp³-hybridized carbons (Fsp3) is 0.333. The number of alkyl halides is 3. The molecule has 0 amide bonds. The summed E-state index contributed by atoms with van der Waals surface area (Å²) in [7, 11) is 0. The number of fused-ring (bicyclic) bond motifs is 1. The van der Waals surface area contributed by atoms with Crippen LogP contribution in [-0.4, -0.2) is 46.7 Å². The Hall–Kier alpha value is -3.43. The van der Waals surface area contributed by atoms with Crippen molar-refractivity contribution in [2.45, 2.75) is 32.9 Å². The van der Waals surface area contributed by atoms with E-state index in [-0.39, 0.29) is 11.0 Å². The maximum absolute atomic E-state index is 13.0. The highest BCUT2D eigenvalue weighted by Crippen LogP contribution is 2.37.